The van der Waals surface area contributed by atoms with Crippen LogP contribution in [0.15, 0.2) is 21.9 Å². The summed E-state index contributed by atoms with van der Waals surface area (Å²) in [4.78, 5) is 35.5. The third-order valence-corrected chi connectivity index (χ3v) is 2.19. The van der Waals surface area contributed by atoms with Crippen molar-refractivity contribution in [2.24, 2.45) is 0 Å². The van der Waals surface area contributed by atoms with Crippen molar-refractivity contribution < 1.29 is 9.53 Å². The molecule has 7 heteroatoms. The average Bonchev–Trinajstić information content (AvgIpc) is 2.32. The van der Waals surface area contributed by atoms with Crippen LogP contribution in [0, 0.1) is 0 Å². The summed E-state index contributed by atoms with van der Waals surface area (Å²) >= 11 is 0. The summed E-state index contributed by atoms with van der Waals surface area (Å²) in [5, 5.41) is 0. The van der Waals surface area contributed by atoms with Gasteiger partial charge in [0.25, 0.3) is 11.5 Å². The molecule has 0 aliphatic heterocycles. The first kappa shape index (κ1) is 14.2. The van der Waals surface area contributed by atoms with E-state index in [9.17, 15) is 14.4 Å². The Kier molecular flexibility index (Phi) is 5.86. The third kappa shape index (κ3) is 4.96. The van der Waals surface area contributed by atoms with Gasteiger partial charge >= 0.3 is 5.69 Å². The number of H-pyrrole nitrogens is 1. The van der Waals surface area contributed by atoms with E-state index < -0.39 is 17.2 Å². The maximum atomic E-state index is 11.4. The Morgan fingerprint density at radius 2 is 2.22 bits per heavy atom. The lowest BCUT2D eigenvalue weighted by Crippen LogP contribution is -2.38. The van der Waals surface area contributed by atoms with E-state index in [0.717, 1.165) is 30.0 Å². The minimum atomic E-state index is -0.693. The van der Waals surface area contributed by atoms with Crippen LogP contribution in [-0.4, -0.2) is 28.8 Å². The van der Waals surface area contributed by atoms with Gasteiger partial charge in [0.05, 0.1) is 0 Å². The molecule has 7 nitrogen and oxygen atoms in total. The molecule has 1 aromatic rings. The number of rotatable bonds is 7. The van der Waals surface area contributed by atoms with Crippen LogP contribution in [0.2, 0.25) is 0 Å². The van der Waals surface area contributed by atoms with Gasteiger partial charge in [-0.05, 0) is 6.42 Å². The first-order valence-corrected chi connectivity index (χ1v) is 5.83. The van der Waals surface area contributed by atoms with Crippen LogP contribution in [0.4, 0.5) is 0 Å². The van der Waals surface area contributed by atoms with Crippen molar-refractivity contribution in [1.82, 2.24) is 9.66 Å². The number of ether oxygens (including phenoxy) is 1. The summed E-state index contributed by atoms with van der Waals surface area (Å²) < 4.78 is 6.04. The fraction of sp³-hybridized carbons (Fsp3) is 0.545. The third-order valence-electron chi connectivity index (χ3n) is 2.19. The zero-order valence-corrected chi connectivity index (χ0v) is 10.3. The Bertz CT molecular complexity index is 492. The number of nitrogens with one attached hydrogen (secondary N) is 2. The van der Waals surface area contributed by atoms with Crippen LogP contribution in [0.1, 0.15) is 26.2 Å². The van der Waals surface area contributed by atoms with Crippen LogP contribution in [0.3, 0.4) is 0 Å². The van der Waals surface area contributed by atoms with E-state index in [0.29, 0.717) is 6.61 Å². The van der Waals surface area contributed by atoms with E-state index in [-0.39, 0.29) is 6.61 Å². The number of hydrogen-bond donors (Lipinski definition) is 2. The van der Waals surface area contributed by atoms with Crippen molar-refractivity contribution >= 4 is 5.91 Å². The van der Waals surface area contributed by atoms with Gasteiger partial charge < -0.3 is 4.74 Å². The van der Waals surface area contributed by atoms with Crippen molar-refractivity contribution in [2.75, 3.05) is 18.6 Å². The Morgan fingerprint density at radius 1 is 1.44 bits per heavy atom. The SMILES string of the molecule is CCCCCOCC(=O)Nn1ccc(=O)[nH]c1=O. The Hall–Kier alpha value is -1.89. The molecule has 1 heterocycles. The molecular formula is C11H17N3O4. The number of carbonyl (C=O) groups is 1. The topological polar surface area (TPSA) is 93.2 Å². The number of carbonyl (C=O) groups excluding carboxylic acids is 1. The number of amides is 1. The number of nitrogens with zero attached hydrogens (tertiary/aromatic N) is 1. The Labute approximate surface area is 104 Å². The minimum Gasteiger partial charge on any atom is -0.372 e. The molecule has 0 fully saturated rings. The Balaban J connectivity index is 2.36. The molecule has 0 atom stereocenters. The van der Waals surface area contributed by atoms with Crippen molar-refractivity contribution in [2.45, 2.75) is 26.2 Å². The highest BCUT2D eigenvalue weighted by Crippen LogP contribution is 1.93. The molecule has 0 spiro atoms. The predicted octanol–water partition coefficient (Wildman–Crippen LogP) is -0.186. The first-order chi connectivity index (χ1) is 8.63. The maximum Gasteiger partial charge on any atom is 0.347 e. The van der Waals surface area contributed by atoms with Crippen molar-refractivity contribution in [3.05, 3.63) is 33.1 Å². The van der Waals surface area contributed by atoms with Gasteiger partial charge in [-0.1, -0.05) is 19.8 Å². The smallest absolute Gasteiger partial charge is 0.347 e. The van der Waals surface area contributed by atoms with E-state index >= 15 is 0 Å². The molecule has 1 amide bonds. The van der Waals surface area contributed by atoms with E-state index in [1.165, 1.54) is 6.20 Å². The zero-order chi connectivity index (χ0) is 13.4. The first-order valence-electron chi connectivity index (χ1n) is 5.83. The molecule has 0 aromatic carbocycles. The highest BCUT2D eigenvalue weighted by atomic mass is 16.5. The molecule has 0 unspecified atom stereocenters. The molecule has 0 saturated carbocycles. The van der Waals surface area contributed by atoms with Gasteiger partial charge in [0.15, 0.2) is 0 Å². The van der Waals surface area contributed by atoms with Gasteiger partial charge in [0.2, 0.25) is 0 Å². The second-order valence-corrected chi connectivity index (χ2v) is 3.77. The summed E-state index contributed by atoms with van der Waals surface area (Å²) in [5.41, 5.74) is 1.09. The summed E-state index contributed by atoms with van der Waals surface area (Å²) in [7, 11) is 0. The maximum absolute atomic E-state index is 11.4. The largest absolute Gasteiger partial charge is 0.372 e. The fourth-order valence-electron chi connectivity index (χ4n) is 1.29. The van der Waals surface area contributed by atoms with Crippen LogP contribution in [0.5, 0.6) is 0 Å². The second-order valence-electron chi connectivity index (χ2n) is 3.77. The van der Waals surface area contributed by atoms with E-state index in [4.69, 9.17) is 4.74 Å². The standard InChI is InChI=1S/C11H17N3O4/c1-2-3-4-7-18-8-10(16)13-14-6-5-9(15)12-11(14)17/h5-6H,2-4,7-8H2,1H3,(H,13,16)(H,12,15,17). The molecule has 100 valence electrons. The van der Waals surface area contributed by atoms with Crippen LogP contribution >= 0.6 is 0 Å². The highest BCUT2D eigenvalue weighted by molar-refractivity contribution is 5.84. The van der Waals surface area contributed by atoms with Gasteiger partial charge in [-0.2, -0.15) is 0 Å². The molecule has 0 saturated heterocycles. The quantitative estimate of drug-likeness (QED) is 0.661. The number of aromatic nitrogens is 2. The van der Waals surface area contributed by atoms with Crippen LogP contribution in [0.25, 0.3) is 0 Å². The van der Waals surface area contributed by atoms with Gasteiger partial charge in [0, 0.05) is 18.9 Å². The summed E-state index contributed by atoms with van der Waals surface area (Å²) in [6.45, 7) is 2.48. The molecule has 18 heavy (non-hydrogen) atoms. The van der Waals surface area contributed by atoms with Gasteiger partial charge in [-0.25, -0.2) is 9.47 Å². The average molecular weight is 255 g/mol. The fourth-order valence-corrected chi connectivity index (χ4v) is 1.29. The molecule has 0 radical (unpaired) electrons. The lowest BCUT2D eigenvalue weighted by Gasteiger charge is -2.07. The molecular weight excluding hydrogens is 238 g/mol. The van der Waals surface area contributed by atoms with E-state index in [1.54, 1.807) is 0 Å². The van der Waals surface area contributed by atoms with Crippen molar-refractivity contribution in [1.29, 1.82) is 0 Å². The summed E-state index contributed by atoms with van der Waals surface area (Å²) in [6.07, 6.45) is 4.24. The van der Waals surface area contributed by atoms with Crippen molar-refractivity contribution in [3.8, 4) is 0 Å². The highest BCUT2D eigenvalue weighted by Gasteiger charge is 2.03. The number of aromatic amines is 1. The lowest BCUT2D eigenvalue weighted by molar-refractivity contribution is -0.121. The predicted molar refractivity (Wildman–Crippen MR) is 66.0 cm³/mol. The van der Waals surface area contributed by atoms with Gasteiger partial charge in [-0.3, -0.25) is 20.0 Å². The van der Waals surface area contributed by atoms with E-state index in [2.05, 4.69) is 12.3 Å². The normalized spacial score (nSPS) is 10.3. The zero-order valence-electron chi connectivity index (χ0n) is 10.3. The molecule has 1 aromatic heterocycles. The molecule has 0 aliphatic rings. The number of hydrogen-bond acceptors (Lipinski definition) is 4. The Morgan fingerprint density at radius 3 is 2.89 bits per heavy atom. The molecule has 2 N–H and O–H groups in total. The van der Waals surface area contributed by atoms with Gasteiger partial charge in [0.1, 0.15) is 6.61 Å². The molecule has 0 bridgehead atoms. The van der Waals surface area contributed by atoms with Crippen molar-refractivity contribution in [3.63, 3.8) is 0 Å². The molecule has 0 aliphatic carbocycles. The second kappa shape index (κ2) is 7.44. The minimum absolute atomic E-state index is 0.116. The van der Waals surface area contributed by atoms with Crippen LogP contribution < -0.4 is 16.7 Å². The van der Waals surface area contributed by atoms with E-state index in [1.807, 2.05) is 4.98 Å². The summed E-state index contributed by atoms with van der Waals surface area (Å²) in [5.74, 6) is -0.444. The molecule has 1 rings (SSSR count). The number of unbranched alkanes of at least 4 members (excludes halogenated alkanes) is 2. The monoisotopic (exact) mass is 255 g/mol. The lowest BCUT2D eigenvalue weighted by atomic mass is 10.3. The van der Waals surface area contributed by atoms with Gasteiger partial charge in [-0.15, -0.1) is 0 Å². The van der Waals surface area contributed by atoms with Crippen LogP contribution in [-0.2, 0) is 9.53 Å². The summed E-state index contributed by atoms with van der Waals surface area (Å²) in [6, 6.07) is 1.14.